The molecular formula is C11H8FN. The molecule has 0 unspecified atom stereocenters. The van der Waals surface area contributed by atoms with Gasteiger partial charge in [-0.15, -0.1) is 0 Å². The van der Waals surface area contributed by atoms with Crippen molar-refractivity contribution in [3.05, 3.63) is 35.1 Å². The molecule has 0 fully saturated rings. The average molecular weight is 173 g/mol. The molecular weight excluding hydrogens is 165 g/mol. The van der Waals surface area contributed by atoms with E-state index in [0.717, 1.165) is 11.1 Å². The quantitative estimate of drug-likeness (QED) is 0.552. The number of hydrogen-bond donors (Lipinski definition) is 0. The van der Waals surface area contributed by atoms with Crippen molar-refractivity contribution < 1.29 is 4.39 Å². The molecule has 0 spiro atoms. The zero-order valence-corrected chi connectivity index (χ0v) is 7.26. The Morgan fingerprint density at radius 3 is 2.85 bits per heavy atom. The van der Waals surface area contributed by atoms with E-state index >= 15 is 0 Å². The summed E-state index contributed by atoms with van der Waals surface area (Å²) in [6.07, 6.45) is 0.205. The van der Waals surface area contributed by atoms with Gasteiger partial charge < -0.3 is 0 Å². The normalized spacial score (nSPS) is 8.38. The second-order valence-corrected chi connectivity index (χ2v) is 2.60. The van der Waals surface area contributed by atoms with E-state index in [2.05, 4.69) is 11.8 Å². The summed E-state index contributed by atoms with van der Waals surface area (Å²) in [5.74, 6) is 5.22. The Balaban J connectivity index is 2.93. The number of halogens is 1. The molecule has 0 atom stereocenters. The van der Waals surface area contributed by atoms with Crippen LogP contribution < -0.4 is 0 Å². The molecule has 0 N–H and O–H groups in total. The standard InChI is InChI=1S/C11H8FN/c1-9-8-11(12)6-5-10(9)4-2-3-7-13/h5-6,8H,3H2,1H3. The minimum absolute atomic E-state index is 0.205. The maximum absolute atomic E-state index is 12.6. The van der Waals surface area contributed by atoms with Gasteiger partial charge in [0, 0.05) is 5.56 Å². The van der Waals surface area contributed by atoms with E-state index in [1.807, 2.05) is 6.07 Å². The zero-order valence-electron chi connectivity index (χ0n) is 7.26. The van der Waals surface area contributed by atoms with Crippen LogP contribution in [0.15, 0.2) is 18.2 Å². The maximum Gasteiger partial charge on any atom is 0.123 e. The molecule has 0 aliphatic heterocycles. The summed E-state index contributed by atoms with van der Waals surface area (Å²) in [6, 6.07) is 6.33. The first-order valence-corrected chi connectivity index (χ1v) is 3.86. The van der Waals surface area contributed by atoms with E-state index in [-0.39, 0.29) is 12.2 Å². The Kier molecular flexibility index (Phi) is 3.06. The van der Waals surface area contributed by atoms with Crippen LogP contribution in [0.4, 0.5) is 4.39 Å². The lowest BCUT2D eigenvalue weighted by atomic mass is 10.1. The molecule has 0 bridgehead atoms. The SMILES string of the molecule is Cc1cc(F)ccc1C#CCC#N. The van der Waals surface area contributed by atoms with Crippen LogP contribution in [0.3, 0.4) is 0 Å². The summed E-state index contributed by atoms with van der Waals surface area (Å²) in [5.41, 5.74) is 1.57. The first kappa shape index (κ1) is 9.29. The molecule has 13 heavy (non-hydrogen) atoms. The van der Waals surface area contributed by atoms with Crippen LogP contribution in [0.25, 0.3) is 0 Å². The third-order valence-electron chi connectivity index (χ3n) is 1.58. The number of nitrogens with zero attached hydrogens (tertiary/aromatic N) is 1. The van der Waals surface area contributed by atoms with Crippen molar-refractivity contribution in [2.24, 2.45) is 0 Å². The van der Waals surface area contributed by atoms with E-state index in [1.54, 1.807) is 13.0 Å². The Morgan fingerprint density at radius 2 is 2.23 bits per heavy atom. The summed E-state index contributed by atoms with van der Waals surface area (Å²) in [6.45, 7) is 1.79. The predicted octanol–water partition coefficient (Wildman–Crippen LogP) is 2.40. The van der Waals surface area contributed by atoms with Crippen LogP contribution in [0.2, 0.25) is 0 Å². The summed E-state index contributed by atoms with van der Waals surface area (Å²) < 4.78 is 12.6. The molecule has 0 saturated carbocycles. The van der Waals surface area contributed by atoms with Crippen molar-refractivity contribution in [3.63, 3.8) is 0 Å². The van der Waals surface area contributed by atoms with Crippen molar-refractivity contribution in [1.29, 1.82) is 5.26 Å². The molecule has 0 radical (unpaired) electrons. The van der Waals surface area contributed by atoms with Gasteiger partial charge in [0.15, 0.2) is 0 Å². The molecule has 1 rings (SSSR count). The van der Waals surface area contributed by atoms with Gasteiger partial charge in [0.05, 0.1) is 12.5 Å². The van der Waals surface area contributed by atoms with E-state index in [1.165, 1.54) is 12.1 Å². The lowest BCUT2D eigenvalue weighted by molar-refractivity contribution is 0.626. The second-order valence-electron chi connectivity index (χ2n) is 2.60. The predicted molar refractivity (Wildman–Crippen MR) is 48.2 cm³/mol. The molecule has 0 aromatic heterocycles. The number of rotatable bonds is 0. The molecule has 64 valence electrons. The Bertz CT molecular complexity index is 404. The molecule has 0 heterocycles. The molecule has 1 aromatic carbocycles. The van der Waals surface area contributed by atoms with Gasteiger partial charge >= 0.3 is 0 Å². The van der Waals surface area contributed by atoms with Gasteiger partial charge in [0.1, 0.15) is 5.82 Å². The van der Waals surface area contributed by atoms with Gasteiger partial charge in [0.2, 0.25) is 0 Å². The average Bonchev–Trinajstić information content (AvgIpc) is 2.09. The largest absolute Gasteiger partial charge is 0.207 e. The third-order valence-corrected chi connectivity index (χ3v) is 1.58. The zero-order chi connectivity index (χ0) is 9.68. The highest BCUT2D eigenvalue weighted by molar-refractivity contribution is 5.41. The summed E-state index contributed by atoms with van der Waals surface area (Å²) >= 11 is 0. The number of benzene rings is 1. The highest BCUT2D eigenvalue weighted by Crippen LogP contribution is 2.08. The monoisotopic (exact) mass is 173 g/mol. The first-order valence-electron chi connectivity index (χ1n) is 3.86. The van der Waals surface area contributed by atoms with Crippen molar-refractivity contribution in [2.45, 2.75) is 13.3 Å². The van der Waals surface area contributed by atoms with Gasteiger partial charge in [-0.3, -0.25) is 0 Å². The van der Waals surface area contributed by atoms with Crippen LogP contribution >= 0.6 is 0 Å². The van der Waals surface area contributed by atoms with Gasteiger partial charge in [-0.1, -0.05) is 11.8 Å². The van der Waals surface area contributed by atoms with Crippen molar-refractivity contribution in [2.75, 3.05) is 0 Å². The smallest absolute Gasteiger partial charge is 0.123 e. The van der Waals surface area contributed by atoms with E-state index in [9.17, 15) is 4.39 Å². The highest BCUT2D eigenvalue weighted by atomic mass is 19.1. The van der Waals surface area contributed by atoms with Gasteiger partial charge in [0.25, 0.3) is 0 Å². The molecule has 0 amide bonds. The molecule has 0 aliphatic rings. The van der Waals surface area contributed by atoms with E-state index in [4.69, 9.17) is 5.26 Å². The summed E-state index contributed by atoms with van der Waals surface area (Å²) in [7, 11) is 0. The van der Waals surface area contributed by atoms with Crippen LogP contribution in [-0.2, 0) is 0 Å². The van der Waals surface area contributed by atoms with Crippen LogP contribution in [0, 0.1) is 35.9 Å². The van der Waals surface area contributed by atoms with Crippen LogP contribution in [0.5, 0.6) is 0 Å². The van der Waals surface area contributed by atoms with Crippen molar-refractivity contribution >= 4 is 0 Å². The second kappa shape index (κ2) is 4.28. The topological polar surface area (TPSA) is 23.8 Å². The van der Waals surface area contributed by atoms with Crippen molar-refractivity contribution in [1.82, 2.24) is 0 Å². The first-order chi connectivity index (χ1) is 6.24. The molecule has 1 nitrogen and oxygen atoms in total. The minimum atomic E-state index is -0.261. The van der Waals surface area contributed by atoms with Crippen LogP contribution in [-0.4, -0.2) is 0 Å². The van der Waals surface area contributed by atoms with Crippen molar-refractivity contribution in [3.8, 4) is 17.9 Å². The molecule has 2 heteroatoms. The maximum atomic E-state index is 12.6. The van der Waals surface area contributed by atoms with Gasteiger partial charge in [-0.25, -0.2) is 4.39 Å². The highest BCUT2D eigenvalue weighted by Gasteiger charge is 1.95. The minimum Gasteiger partial charge on any atom is -0.207 e. The van der Waals surface area contributed by atoms with E-state index < -0.39 is 0 Å². The third kappa shape index (κ3) is 2.61. The van der Waals surface area contributed by atoms with Gasteiger partial charge in [-0.05, 0) is 30.7 Å². The molecule has 0 aliphatic carbocycles. The summed E-state index contributed by atoms with van der Waals surface area (Å²) in [4.78, 5) is 0. The van der Waals surface area contributed by atoms with Crippen LogP contribution in [0.1, 0.15) is 17.5 Å². The Hall–Kier alpha value is -1.80. The fourth-order valence-electron chi connectivity index (χ4n) is 0.946. The lowest BCUT2D eigenvalue weighted by Gasteiger charge is -1.96. The molecule has 0 saturated heterocycles. The number of nitriles is 1. The fourth-order valence-corrected chi connectivity index (χ4v) is 0.946. The Morgan fingerprint density at radius 1 is 1.46 bits per heavy atom. The Labute approximate surface area is 76.8 Å². The number of hydrogen-bond acceptors (Lipinski definition) is 1. The number of aryl methyl sites for hydroxylation is 1. The fraction of sp³-hybridized carbons (Fsp3) is 0.182. The van der Waals surface area contributed by atoms with E-state index in [0.29, 0.717) is 0 Å². The summed E-state index contributed by atoms with van der Waals surface area (Å²) in [5, 5.41) is 8.25. The lowest BCUT2D eigenvalue weighted by Crippen LogP contribution is -1.83. The van der Waals surface area contributed by atoms with Gasteiger partial charge in [-0.2, -0.15) is 5.26 Å². The molecule has 1 aromatic rings.